The fourth-order valence-corrected chi connectivity index (χ4v) is 3.69. The van der Waals surface area contributed by atoms with Crippen molar-refractivity contribution in [2.45, 2.75) is 20.8 Å². The largest absolute Gasteiger partial charge is 0.0622 e. The molecule has 0 unspecified atom stereocenters. The van der Waals surface area contributed by atoms with E-state index in [4.69, 9.17) is 0 Å². The number of rotatable bonds is 3. The Bertz CT molecular complexity index is 1070. The Hall–Kier alpha value is -3.12. The van der Waals surface area contributed by atoms with Crippen LogP contribution in [0.1, 0.15) is 16.7 Å². The van der Waals surface area contributed by atoms with Crippen molar-refractivity contribution in [2.24, 2.45) is 0 Å². The monoisotopic (exact) mass is 348 g/mol. The van der Waals surface area contributed by atoms with Crippen LogP contribution in [0.5, 0.6) is 0 Å². The molecule has 0 amide bonds. The molecule has 4 aromatic rings. The summed E-state index contributed by atoms with van der Waals surface area (Å²) in [7, 11) is 0. The van der Waals surface area contributed by atoms with Crippen LogP contribution in [0.25, 0.3) is 33.4 Å². The molecule has 0 atom stereocenters. The first kappa shape index (κ1) is 17.3. The summed E-state index contributed by atoms with van der Waals surface area (Å²) in [6, 6.07) is 32.9. The smallest absolute Gasteiger partial charge is 0.0154 e. The van der Waals surface area contributed by atoms with Crippen LogP contribution in [0, 0.1) is 20.8 Å². The first-order valence-electron chi connectivity index (χ1n) is 9.46. The lowest BCUT2D eigenvalue weighted by Crippen LogP contribution is -1.89. The molecule has 0 heteroatoms. The van der Waals surface area contributed by atoms with E-state index in [2.05, 4.69) is 112 Å². The summed E-state index contributed by atoms with van der Waals surface area (Å²) in [4.78, 5) is 0. The molecule has 0 N–H and O–H groups in total. The van der Waals surface area contributed by atoms with Crippen molar-refractivity contribution in [3.8, 4) is 33.4 Å². The minimum Gasteiger partial charge on any atom is -0.0622 e. The Kier molecular flexibility index (Phi) is 4.64. The highest BCUT2D eigenvalue weighted by molar-refractivity contribution is 5.77. The second-order valence-electron chi connectivity index (χ2n) is 7.29. The van der Waals surface area contributed by atoms with E-state index < -0.39 is 0 Å². The van der Waals surface area contributed by atoms with Crippen molar-refractivity contribution < 1.29 is 0 Å². The van der Waals surface area contributed by atoms with E-state index in [9.17, 15) is 0 Å². The normalized spacial score (nSPS) is 10.8. The predicted octanol–water partition coefficient (Wildman–Crippen LogP) is 7.61. The van der Waals surface area contributed by atoms with Gasteiger partial charge in [-0.2, -0.15) is 0 Å². The van der Waals surface area contributed by atoms with Gasteiger partial charge in [-0.1, -0.05) is 96.6 Å². The summed E-state index contributed by atoms with van der Waals surface area (Å²) < 4.78 is 0. The van der Waals surface area contributed by atoms with Gasteiger partial charge in [0.15, 0.2) is 0 Å². The molecule has 0 spiro atoms. The van der Waals surface area contributed by atoms with Crippen molar-refractivity contribution in [2.75, 3.05) is 0 Å². The van der Waals surface area contributed by atoms with Crippen LogP contribution in [0.15, 0.2) is 91.0 Å². The summed E-state index contributed by atoms with van der Waals surface area (Å²) in [5, 5.41) is 0. The summed E-state index contributed by atoms with van der Waals surface area (Å²) >= 11 is 0. The first-order chi connectivity index (χ1) is 13.1. The molecule has 0 aliphatic heterocycles. The molecule has 0 aliphatic rings. The van der Waals surface area contributed by atoms with Gasteiger partial charge in [-0.25, -0.2) is 0 Å². The molecule has 0 saturated heterocycles. The molecule has 0 aromatic heterocycles. The molecular formula is C27H24. The van der Waals surface area contributed by atoms with Crippen LogP contribution in [-0.2, 0) is 0 Å². The molecule has 0 aliphatic carbocycles. The van der Waals surface area contributed by atoms with Gasteiger partial charge < -0.3 is 0 Å². The third-order valence-corrected chi connectivity index (χ3v) is 5.23. The van der Waals surface area contributed by atoms with Crippen LogP contribution in [0.3, 0.4) is 0 Å². The lowest BCUT2D eigenvalue weighted by atomic mass is 9.92. The Morgan fingerprint density at radius 3 is 1.56 bits per heavy atom. The van der Waals surface area contributed by atoms with E-state index in [0.717, 1.165) is 0 Å². The Morgan fingerprint density at radius 1 is 0.407 bits per heavy atom. The number of benzene rings is 4. The third kappa shape index (κ3) is 3.57. The van der Waals surface area contributed by atoms with E-state index >= 15 is 0 Å². The summed E-state index contributed by atoms with van der Waals surface area (Å²) in [6.07, 6.45) is 0. The van der Waals surface area contributed by atoms with Gasteiger partial charge in [-0.05, 0) is 65.3 Å². The van der Waals surface area contributed by atoms with Gasteiger partial charge in [-0.15, -0.1) is 0 Å². The average molecular weight is 348 g/mol. The van der Waals surface area contributed by atoms with Gasteiger partial charge in [0.25, 0.3) is 0 Å². The number of hydrogen-bond donors (Lipinski definition) is 0. The highest BCUT2D eigenvalue weighted by Gasteiger charge is 2.08. The molecular weight excluding hydrogens is 324 g/mol. The van der Waals surface area contributed by atoms with Crippen LogP contribution >= 0.6 is 0 Å². The van der Waals surface area contributed by atoms with E-state index in [0.29, 0.717) is 0 Å². The Morgan fingerprint density at radius 2 is 0.926 bits per heavy atom. The van der Waals surface area contributed by atoms with Gasteiger partial charge in [0.2, 0.25) is 0 Å². The van der Waals surface area contributed by atoms with Gasteiger partial charge in [0, 0.05) is 0 Å². The van der Waals surface area contributed by atoms with E-state index in [1.807, 2.05) is 0 Å². The van der Waals surface area contributed by atoms with E-state index in [1.165, 1.54) is 50.1 Å². The van der Waals surface area contributed by atoms with Crippen molar-refractivity contribution in [3.05, 3.63) is 108 Å². The maximum atomic E-state index is 2.31. The predicted molar refractivity (Wildman–Crippen MR) is 117 cm³/mol. The quantitative estimate of drug-likeness (QED) is 0.357. The average Bonchev–Trinajstić information content (AvgIpc) is 2.69. The molecule has 27 heavy (non-hydrogen) atoms. The molecule has 0 heterocycles. The molecule has 0 bridgehead atoms. The van der Waals surface area contributed by atoms with Gasteiger partial charge in [-0.3, -0.25) is 0 Å². The molecule has 4 rings (SSSR count). The zero-order valence-corrected chi connectivity index (χ0v) is 16.2. The summed E-state index contributed by atoms with van der Waals surface area (Å²) in [6.45, 7) is 6.53. The van der Waals surface area contributed by atoms with Crippen molar-refractivity contribution in [3.63, 3.8) is 0 Å². The molecule has 0 nitrogen and oxygen atoms in total. The standard InChI is InChI=1S/C27H24/c1-19-9-11-23(12-10-19)26-16-14-25(18-21(26)3)27-15-13-24(17-20(27)2)22-7-5-4-6-8-22/h4-18H,1-3H3. The van der Waals surface area contributed by atoms with Gasteiger partial charge >= 0.3 is 0 Å². The second kappa shape index (κ2) is 7.25. The van der Waals surface area contributed by atoms with E-state index in [1.54, 1.807) is 0 Å². The maximum absolute atomic E-state index is 2.31. The maximum Gasteiger partial charge on any atom is -0.0154 e. The van der Waals surface area contributed by atoms with Crippen LogP contribution in [-0.4, -0.2) is 0 Å². The SMILES string of the molecule is Cc1ccc(-c2ccc(-c3ccc(-c4ccccc4)cc3C)cc2C)cc1. The summed E-state index contributed by atoms with van der Waals surface area (Å²) in [5.41, 5.74) is 11.6. The Balaban J connectivity index is 1.69. The first-order valence-corrected chi connectivity index (χ1v) is 9.46. The van der Waals surface area contributed by atoms with Gasteiger partial charge in [0.05, 0.1) is 0 Å². The molecule has 0 radical (unpaired) electrons. The number of hydrogen-bond acceptors (Lipinski definition) is 0. The second-order valence-corrected chi connectivity index (χ2v) is 7.29. The molecule has 4 aromatic carbocycles. The van der Waals surface area contributed by atoms with Crippen molar-refractivity contribution in [1.29, 1.82) is 0 Å². The minimum absolute atomic E-state index is 1.26. The molecule has 0 fully saturated rings. The Labute approximate surface area is 162 Å². The zero-order valence-electron chi connectivity index (χ0n) is 16.2. The van der Waals surface area contributed by atoms with Crippen LogP contribution in [0.2, 0.25) is 0 Å². The van der Waals surface area contributed by atoms with Crippen molar-refractivity contribution in [1.82, 2.24) is 0 Å². The minimum atomic E-state index is 1.26. The topological polar surface area (TPSA) is 0 Å². The van der Waals surface area contributed by atoms with Gasteiger partial charge in [0.1, 0.15) is 0 Å². The fraction of sp³-hybridized carbons (Fsp3) is 0.111. The van der Waals surface area contributed by atoms with Crippen LogP contribution < -0.4 is 0 Å². The lowest BCUT2D eigenvalue weighted by molar-refractivity contribution is 1.41. The fourth-order valence-electron chi connectivity index (χ4n) is 3.69. The molecule has 132 valence electrons. The summed E-state index contributed by atoms with van der Waals surface area (Å²) in [5.74, 6) is 0. The lowest BCUT2D eigenvalue weighted by Gasteiger charge is -2.13. The zero-order chi connectivity index (χ0) is 18.8. The third-order valence-electron chi connectivity index (χ3n) is 5.23. The van der Waals surface area contributed by atoms with Crippen molar-refractivity contribution >= 4 is 0 Å². The van der Waals surface area contributed by atoms with E-state index in [-0.39, 0.29) is 0 Å². The van der Waals surface area contributed by atoms with Crippen LogP contribution in [0.4, 0.5) is 0 Å². The number of aryl methyl sites for hydroxylation is 3. The highest BCUT2D eigenvalue weighted by Crippen LogP contribution is 2.32. The molecule has 0 saturated carbocycles. The highest BCUT2D eigenvalue weighted by atomic mass is 14.1.